The van der Waals surface area contributed by atoms with Crippen LogP contribution in [0, 0.1) is 13.8 Å². The maximum atomic E-state index is 12.5. The third kappa shape index (κ3) is 3.00. The Morgan fingerprint density at radius 2 is 1.69 bits per heavy atom. The molecule has 0 atom stereocenters. The third-order valence-corrected chi connectivity index (χ3v) is 4.08. The van der Waals surface area contributed by atoms with Gasteiger partial charge in [0.1, 0.15) is 0 Å². The van der Waals surface area contributed by atoms with E-state index in [1.807, 2.05) is 32.0 Å². The van der Waals surface area contributed by atoms with Crippen molar-refractivity contribution in [3.05, 3.63) is 59.4 Å². The number of hydrogen-bond acceptors (Lipinski definition) is 6. The van der Waals surface area contributed by atoms with Crippen molar-refractivity contribution < 1.29 is 4.79 Å². The van der Waals surface area contributed by atoms with Gasteiger partial charge in [0.05, 0.1) is 22.4 Å². The summed E-state index contributed by atoms with van der Waals surface area (Å²) in [5.41, 5.74) is 5.22. The van der Waals surface area contributed by atoms with Gasteiger partial charge in [-0.25, -0.2) is 9.97 Å². The lowest BCUT2D eigenvalue weighted by molar-refractivity contribution is 0.102. The van der Waals surface area contributed by atoms with Gasteiger partial charge >= 0.3 is 0 Å². The van der Waals surface area contributed by atoms with Gasteiger partial charge in [-0.05, 0) is 61.5 Å². The molecular weight excluding hydrogens is 330 g/mol. The average Bonchev–Trinajstić information content (AvgIpc) is 3.17. The monoisotopic (exact) mass is 345 g/mol. The van der Waals surface area contributed by atoms with E-state index >= 15 is 0 Å². The number of benzene rings is 2. The van der Waals surface area contributed by atoms with Gasteiger partial charge in [-0.2, -0.15) is 5.21 Å². The van der Waals surface area contributed by atoms with Crippen molar-refractivity contribution in [2.45, 2.75) is 13.8 Å². The van der Waals surface area contributed by atoms with E-state index in [-0.39, 0.29) is 5.91 Å². The lowest BCUT2D eigenvalue weighted by atomic mass is 10.1. The van der Waals surface area contributed by atoms with Gasteiger partial charge in [-0.3, -0.25) is 4.79 Å². The molecule has 0 radical (unpaired) electrons. The summed E-state index contributed by atoms with van der Waals surface area (Å²) in [6, 6.07) is 12.5. The van der Waals surface area contributed by atoms with Crippen LogP contribution < -0.4 is 5.32 Å². The predicted octanol–water partition coefficient (Wildman–Crippen LogP) is 2.68. The van der Waals surface area contributed by atoms with Crippen LogP contribution in [0.5, 0.6) is 0 Å². The number of amides is 1. The molecule has 2 N–H and O–H groups in total. The smallest absolute Gasteiger partial charge is 0.255 e. The third-order valence-electron chi connectivity index (χ3n) is 4.08. The lowest BCUT2D eigenvalue weighted by Crippen LogP contribution is -2.12. The molecular formula is C18H15N7O. The van der Waals surface area contributed by atoms with Crippen LogP contribution >= 0.6 is 0 Å². The van der Waals surface area contributed by atoms with Crippen LogP contribution in [0.2, 0.25) is 0 Å². The van der Waals surface area contributed by atoms with Crippen molar-refractivity contribution in [2.75, 3.05) is 5.32 Å². The van der Waals surface area contributed by atoms with Gasteiger partial charge in [0, 0.05) is 16.8 Å². The zero-order chi connectivity index (χ0) is 18.1. The second kappa shape index (κ2) is 6.32. The molecule has 0 saturated heterocycles. The second-order valence-electron chi connectivity index (χ2n) is 5.86. The van der Waals surface area contributed by atoms with Crippen LogP contribution in [0.3, 0.4) is 0 Å². The highest BCUT2D eigenvalue weighted by atomic mass is 16.1. The predicted molar refractivity (Wildman–Crippen MR) is 96.6 cm³/mol. The zero-order valence-corrected chi connectivity index (χ0v) is 14.2. The minimum absolute atomic E-state index is 0.209. The Kier molecular flexibility index (Phi) is 3.85. The van der Waals surface area contributed by atoms with E-state index in [4.69, 9.17) is 0 Å². The zero-order valence-electron chi connectivity index (χ0n) is 14.2. The van der Waals surface area contributed by atoms with E-state index in [9.17, 15) is 4.79 Å². The number of H-pyrrole nitrogens is 1. The first-order valence-electron chi connectivity index (χ1n) is 8.00. The number of rotatable bonds is 3. The van der Waals surface area contributed by atoms with Crippen LogP contribution in [-0.4, -0.2) is 36.5 Å². The van der Waals surface area contributed by atoms with E-state index in [0.29, 0.717) is 22.6 Å². The van der Waals surface area contributed by atoms with E-state index in [0.717, 1.165) is 22.5 Å². The van der Waals surface area contributed by atoms with Gasteiger partial charge in [-0.15, -0.1) is 10.2 Å². The molecule has 8 nitrogen and oxygen atoms in total. The van der Waals surface area contributed by atoms with Crippen LogP contribution in [0.4, 0.5) is 5.69 Å². The Morgan fingerprint density at radius 3 is 2.38 bits per heavy atom. The summed E-state index contributed by atoms with van der Waals surface area (Å²) >= 11 is 0. The Morgan fingerprint density at radius 1 is 0.962 bits per heavy atom. The molecule has 4 aromatic rings. The normalized spacial score (nSPS) is 10.8. The van der Waals surface area contributed by atoms with Crippen LogP contribution in [0.15, 0.2) is 42.5 Å². The van der Waals surface area contributed by atoms with Gasteiger partial charge in [0.15, 0.2) is 0 Å². The molecule has 2 heterocycles. The molecule has 0 aliphatic rings. The first-order valence-corrected chi connectivity index (χ1v) is 8.00. The van der Waals surface area contributed by atoms with Crippen molar-refractivity contribution in [1.82, 2.24) is 30.6 Å². The molecule has 2 aromatic carbocycles. The fraction of sp³-hybridized carbons (Fsp3) is 0.111. The number of aromatic nitrogens is 6. The molecule has 4 rings (SSSR count). The molecule has 0 spiro atoms. The summed E-state index contributed by atoms with van der Waals surface area (Å²) in [5.74, 6) is 0.292. The summed E-state index contributed by atoms with van der Waals surface area (Å²) < 4.78 is 0. The molecule has 26 heavy (non-hydrogen) atoms. The molecule has 0 saturated carbocycles. The number of hydrogen-bond donors (Lipinski definition) is 2. The van der Waals surface area contributed by atoms with Crippen molar-refractivity contribution in [1.29, 1.82) is 0 Å². The van der Waals surface area contributed by atoms with Crippen LogP contribution in [0.25, 0.3) is 22.4 Å². The van der Waals surface area contributed by atoms with Gasteiger partial charge in [0.25, 0.3) is 5.91 Å². The quantitative estimate of drug-likeness (QED) is 0.591. The number of carbonyl (C=O) groups is 1. The van der Waals surface area contributed by atoms with Crippen molar-refractivity contribution in [2.24, 2.45) is 0 Å². The molecule has 2 aromatic heterocycles. The minimum Gasteiger partial charge on any atom is -0.322 e. The Labute approximate surface area is 148 Å². The highest BCUT2D eigenvalue weighted by Crippen LogP contribution is 2.19. The fourth-order valence-electron chi connectivity index (χ4n) is 2.56. The Balaban J connectivity index is 1.56. The molecule has 0 aliphatic heterocycles. The Hall–Kier alpha value is -3.68. The minimum atomic E-state index is -0.209. The van der Waals surface area contributed by atoms with Gasteiger partial charge in [-0.1, -0.05) is 0 Å². The second-order valence-corrected chi connectivity index (χ2v) is 5.86. The van der Waals surface area contributed by atoms with Gasteiger partial charge < -0.3 is 5.32 Å². The number of nitrogens with one attached hydrogen (secondary N) is 2. The number of aromatic amines is 1. The SMILES string of the molecule is Cc1nc2ccc(C(=O)Nc3ccc(-c4nn[nH]n4)cc3)cc2nc1C. The number of fused-ring (bicyclic) bond motifs is 1. The van der Waals surface area contributed by atoms with Crippen molar-refractivity contribution in [3.63, 3.8) is 0 Å². The number of anilines is 1. The van der Waals surface area contributed by atoms with E-state index < -0.39 is 0 Å². The maximum absolute atomic E-state index is 12.5. The first-order chi connectivity index (χ1) is 12.6. The average molecular weight is 345 g/mol. The molecule has 1 amide bonds. The largest absolute Gasteiger partial charge is 0.322 e. The summed E-state index contributed by atoms with van der Waals surface area (Å²) in [6.45, 7) is 3.82. The molecule has 128 valence electrons. The number of aryl methyl sites for hydroxylation is 2. The topological polar surface area (TPSA) is 109 Å². The summed E-state index contributed by atoms with van der Waals surface area (Å²) in [7, 11) is 0. The molecule has 0 aliphatic carbocycles. The van der Waals surface area contributed by atoms with Crippen molar-refractivity contribution >= 4 is 22.6 Å². The molecule has 0 fully saturated rings. The maximum Gasteiger partial charge on any atom is 0.255 e. The fourth-order valence-corrected chi connectivity index (χ4v) is 2.56. The highest BCUT2D eigenvalue weighted by Gasteiger charge is 2.10. The van der Waals surface area contributed by atoms with E-state index in [1.165, 1.54) is 0 Å². The molecule has 8 heteroatoms. The molecule has 0 unspecified atom stereocenters. The first kappa shape index (κ1) is 15.8. The van der Waals surface area contributed by atoms with Crippen molar-refractivity contribution in [3.8, 4) is 11.4 Å². The highest BCUT2D eigenvalue weighted by molar-refractivity contribution is 6.05. The summed E-state index contributed by atoms with van der Waals surface area (Å²) in [5, 5.41) is 16.6. The summed E-state index contributed by atoms with van der Waals surface area (Å²) in [4.78, 5) is 21.5. The molecule has 0 bridgehead atoms. The standard InChI is InChI=1S/C18H15N7O/c1-10-11(2)20-16-9-13(5-8-15(16)19-10)18(26)21-14-6-3-12(4-7-14)17-22-24-25-23-17/h3-9H,1-2H3,(H,21,26)(H,22,23,24,25). The van der Waals surface area contributed by atoms with Gasteiger partial charge in [0.2, 0.25) is 5.82 Å². The number of tetrazole rings is 1. The lowest BCUT2D eigenvalue weighted by Gasteiger charge is -2.07. The van der Waals surface area contributed by atoms with E-state index in [1.54, 1.807) is 24.3 Å². The number of nitrogens with zero attached hydrogens (tertiary/aromatic N) is 5. The Bertz CT molecular complexity index is 1090. The van der Waals surface area contributed by atoms with Crippen LogP contribution in [-0.2, 0) is 0 Å². The van der Waals surface area contributed by atoms with Crippen LogP contribution in [0.1, 0.15) is 21.7 Å². The number of carbonyl (C=O) groups excluding carboxylic acids is 1. The van der Waals surface area contributed by atoms with E-state index in [2.05, 4.69) is 35.9 Å². The summed E-state index contributed by atoms with van der Waals surface area (Å²) in [6.07, 6.45) is 0.